The van der Waals surface area contributed by atoms with E-state index in [4.69, 9.17) is 28.5 Å². The fraction of sp³-hybridized carbons (Fsp3) is 0.564. The van der Waals surface area contributed by atoms with Gasteiger partial charge in [-0.05, 0) is 75.1 Å². The first kappa shape index (κ1) is 39.7. The fourth-order valence-electron chi connectivity index (χ4n) is 8.17. The summed E-state index contributed by atoms with van der Waals surface area (Å²) in [5.74, 6) is -2.68. The van der Waals surface area contributed by atoms with Crippen LogP contribution in [0.15, 0.2) is 60.3 Å². The molecule has 0 radical (unpaired) electrons. The van der Waals surface area contributed by atoms with Crippen molar-refractivity contribution in [1.82, 2.24) is 15.0 Å². The zero-order valence-corrected chi connectivity index (χ0v) is 30.9. The molecular formula is C39H52N4O10. The molecule has 6 unspecified atom stereocenters. The van der Waals surface area contributed by atoms with Crippen molar-refractivity contribution in [2.45, 2.75) is 76.5 Å². The van der Waals surface area contributed by atoms with Gasteiger partial charge in [0, 0.05) is 31.1 Å². The Kier molecular flexibility index (Phi) is 13.8. The summed E-state index contributed by atoms with van der Waals surface area (Å²) in [4.78, 5) is 32.4. The average molecular weight is 737 g/mol. The highest BCUT2D eigenvalue weighted by Gasteiger charge is 2.65. The van der Waals surface area contributed by atoms with Crippen molar-refractivity contribution >= 4 is 17.7 Å². The molecule has 1 fully saturated rings. The summed E-state index contributed by atoms with van der Waals surface area (Å²) in [5, 5.41) is 32.6. The van der Waals surface area contributed by atoms with E-state index in [1.54, 1.807) is 26.0 Å². The Morgan fingerprint density at radius 1 is 1.04 bits per heavy atom. The van der Waals surface area contributed by atoms with Gasteiger partial charge in [-0.2, -0.15) is 0 Å². The number of nitrogens with zero attached hydrogens (tertiary/aromatic N) is 4. The van der Waals surface area contributed by atoms with Crippen LogP contribution in [0.3, 0.4) is 0 Å². The summed E-state index contributed by atoms with van der Waals surface area (Å²) in [6, 6.07) is 4.77. The molecule has 2 aliphatic carbocycles. The monoisotopic (exact) mass is 736 g/mol. The lowest BCUT2D eigenvalue weighted by Gasteiger charge is -2.58. The molecule has 0 spiro atoms. The number of hydrogen-bond acceptors (Lipinski definition) is 13. The highest BCUT2D eigenvalue weighted by Crippen LogP contribution is 2.63. The predicted octanol–water partition coefficient (Wildman–Crippen LogP) is 5.33. The minimum atomic E-state index is -1.54. The first-order chi connectivity index (χ1) is 25.8. The number of benzene rings is 1. The molecule has 0 bridgehead atoms. The Morgan fingerprint density at radius 2 is 1.75 bits per heavy atom. The Hall–Kier alpha value is -4.53. The molecular weight excluding hydrogens is 684 g/mol. The zero-order chi connectivity index (χ0) is 38.0. The van der Waals surface area contributed by atoms with E-state index in [-0.39, 0.29) is 68.6 Å². The largest absolute Gasteiger partial charge is 0.490 e. The first-order valence-electron chi connectivity index (χ1n) is 18.5. The van der Waals surface area contributed by atoms with Crippen LogP contribution in [0.2, 0.25) is 0 Å². The van der Waals surface area contributed by atoms with E-state index in [9.17, 15) is 19.8 Å². The Morgan fingerprint density at radius 3 is 2.43 bits per heavy atom. The van der Waals surface area contributed by atoms with E-state index < -0.39 is 29.7 Å². The number of hydrogen-bond donors (Lipinski definition) is 2. The van der Waals surface area contributed by atoms with Crippen molar-refractivity contribution < 1.29 is 48.3 Å². The van der Waals surface area contributed by atoms with Crippen LogP contribution in [-0.2, 0) is 19.0 Å². The molecule has 14 nitrogen and oxygen atoms in total. The summed E-state index contributed by atoms with van der Waals surface area (Å²) < 4.78 is 32.1. The number of carbonyl (C=O) groups is 2. The van der Waals surface area contributed by atoms with Gasteiger partial charge in [0.05, 0.1) is 31.5 Å². The fourth-order valence-corrected chi connectivity index (χ4v) is 8.17. The lowest BCUT2D eigenvalue weighted by molar-refractivity contribution is -0.252. The molecule has 1 aromatic carbocycles. The maximum atomic E-state index is 13.7. The van der Waals surface area contributed by atoms with Gasteiger partial charge < -0.3 is 38.7 Å². The Labute approximate surface area is 310 Å². The third-order valence-electron chi connectivity index (χ3n) is 10.1. The lowest BCUT2D eigenvalue weighted by Crippen LogP contribution is -2.63. The van der Waals surface area contributed by atoms with E-state index in [0.717, 1.165) is 36.8 Å². The van der Waals surface area contributed by atoms with E-state index in [1.807, 2.05) is 18.2 Å². The number of rotatable bonds is 20. The Balaban J connectivity index is 1.82. The van der Waals surface area contributed by atoms with Gasteiger partial charge in [-0.3, -0.25) is 0 Å². The van der Waals surface area contributed by atoms with Crippen molar-refractivity contribution in [3.05, 3.63) is 72.1 Å². The average Bonchev–Trinajstić information content (AvgIpc) is 3.60. The van der Waals surface area contributed by atoms with Gasteiger partial charge in [0.15, 0.2) is 5.69 Å². The van der Waals surface area contributed by atoms with E-state index in [1.165, 1.54) is 11.8 Å². The van der Waals surface area contributed by atoms with Crippen LogP contribution in [0, 0.1) is 17.8 Å². The summed E-state index contributed by atoms with van der Waals surface area (Å²) >= 11 is 0. The summed E-state index contributed by atoms with van der Waals surface area (Å²) in [6.45, 7) is 11.7. The van der Waals surface area contributed by atoms with Crippen LogP contribution in [0.25, 0.3) is 0 Å². The van der Waals surface area contributed by atoms with Crippen molar-refractivity contribution in [1.29, 1.82) is 0 Å². The smallest absolute Gasteiger partial charge is 0.361 e. The van der Waals surface area contributed by atoms with Crippen LogP contribution in [0.1, 0.15) is 97.3 Å². The number of aromatic nitrogens is 3. The number of unbranched alkanes of at least 4 members (excludes halogenated alkanes) is 2. The number of fused-ring (bicyclic) bond motifs is 2. The molecule has 2 N–H and O–H groups in total. The molecule has 1 saturated carbocycles. The number of aliphatic hydroxyl groups is 2. The van der Waals surface area contributed by atoms with Crippen molar-refractivity contribution in [2.24, 2.45) is 22.9 Å². The van der Waals surface area contributed by atoms with Gasteiger partial charge in [-0.15, -0.1) is 11.7 Å². The molecule has 2 heterocycles. The maximum absolute atomic E-state index is 13.7. The van der Waals surface area contributed by atoms with Gasteiger partial charge in [-0.1, -0.05) is 48.0 Å². The topological polar surface area (TPSA) is 173 Å². The molecule has 3 aliphatic rings. The molecule has 288 valence electrons. The molecule has 5 rings (SSSR count). The SMILES string of the molecule is C=CCOc1ccc2c(c1)C1C(CCCCO)C(CCCCO)C=C3C(=NOC)CC(n4nnc(C(=O)OCC)c4C(=O)OCC)C(OCC=C)(O2)C31. The minimum Gasteiger partial charge on any atom is -0.490 e. The second-order valence-electron chi connectivity index (χ2n) is 13.2. The van der Waals surface area contributed by atoms with Gasteiger partial charge in [-0.25, -0.2) is 14.3 Å². The van der Waals surface area contributed by atoms with Crippen LogP contribution >= 0.6 is 0 Å². The second-order valence-corrected chi connectivity index (χ2v) is 13.2. The normalized spacial score (nSPS) is 25.0. The number of aliphatic hydroxyl groups excluding tert-OH is 2. The highest BCUT2D eigenvalue weighted by atomic mass is 16.7. The summed E-state index contributed by atoms with van der Waals surface area (Å²) in [5.41, 5.74) is 1.89. The summed E-state index contributed by atoms with van der Waals surface area (Å²) in [6.07, 6.45) is 10.1. The summed E-state index contributed by atoms with van der Waals surface area (Å²) in [7, 11) is 1.48. The third-order valence-corrected chi connectivity index (χ3v) is 10.1. The molecule has 0 saturated heterocycles. The molecule has 1 aliphatic heterocycles. The van der Waals surface area contributed by atoms with Crippen molar-refractivity contribution in [3.8, 4) is 11.5 Å². The van der Waals surface area contributed by atoms with E-state index in [2.05, 4.69) is 34.7 Å². The molecule has 2 aromatic rings. The Bertz CT molecular complexity index is 1670. The van der Waals surface area contributed by atoms with Gasteiger partial charge in [0.1, 0.15) is 31.3 Å². The predicted molar refractivity (Wildman–Crippen MR) is 195 cm³/mol. The third kappa shape index (κ3) is 8.04. The standard InChI is InChI=1S/C39H52N4O10/c1-6-20-51-26-16-17-31-29(23-26)33-27(15-11-13-19-45)25(14-10-12-18-44)22-28-30(41-48-5)24-32(39(53-31,34(28)33)52-21-7-2)43-36(38(47)50-9-4)35(40-42-43)37(46)49-8-3/h6-7,16-17,22-23,25,27,32-34,44-45H,1-2,8-15,18-21,24H2,3-5H3. The lowest BCUT2D eigenvalue weighted by atomic mass is 9.55. The molecule has 1 aromatic heterocycles. The van der Waals surface area contributed by atoms with Crippen LogP contribution < -0.4 is 9.47 Å². The number of carbonyl (C=O) groups excluding carboxylic acids is 2. The first-order valence-corrected chi connectivity index (χ1v) is 18.5. The molecule has 53 heavy (non-hydrogen) atoms. The van der Waals surface area contributed by atoms with Gasteiger partial charge in [0.2, 0.25) is 11.5 Å². The molecule has 6 atom stereocenters. The number of ether oxygens (including phenoxy) is 5. The van der Waals surface area contributed by atoms with Gasteiger partial charge in [0.25, 0.3) is 0 Å². The minimum absolute atomic E-state index is 0.0240. The van der Waals surface area contributed by atoms with Crippen molar-refractivity contribution in [3.63, 3.8) is 0 Å². The number of oxime groups is 1. The quantitative estimate of drug-likeness (QED) is 0.0776. The van der Waals surface area contributed by atoms with Crippen LogP contribution in [-0.4, -0.2) is 95.4 Å². The van der Waals surface area contributed by atoms with Crippen molar-refractivity contribution in [2.75, 3.05) is 46.8 Å². The van der Waals surface area contributed by atoms with Crippen LogP contribution in [0.4, 0.5) is 0 Å². The van der Waals surface area contributed by atoms with Gasteiger partial charge >= 0.3 is 11.9 Å². The van der Waals surface area contributed by atoms with Crippen LogP contribution in [0.5, 0.6) is 11.5 Å². The number of esters is 2. The second kappa shape index (κ2) is 18.5. The molecule has 0 amide bonds. The zero-order valence-electron chi connectivity index (χ0n) is 30.9. The molecule has 14 heteroatoms. The highest BCUT2D eigenvalue weighted by molar-refractivity contribution is 6.03. The number of allylic oxidation sites excluding steroid dienone is 1. The maximum Gasteiger partial charge on any atom is 0.361 e. The van der Waals surface area contributed by atoms with E-state index >= 15 is 0 Å². The van der Waals surface area contributed by atoms with E-state index in [0.29, 0.717) is 36.7 Å².